The highest BCUT2D eigenvalue weighted by atomic mass is 15.2. The smallest absolute Gasteiger partial charge is 0.0351 e. The molecule has 3 heteroatoms. The van der Waals surface area contributed by atoms with Gasteiger partial charge in [0.1, 0.15) is 0 Å². The minimum atomic E-state index is 0.207. The Morgan fingerprint density at radius 2 is 2.00 bits per heavy atom. The predicted molar refractivity (Wildman–Crippen MR) is 45.1 cm³/mol. The van der Waals surface area contributed by atoms with Crippen LogP contribution in [0.5, 0.6) is 0 Å². The first-order chi connectivity index (χ1) is 5.20. The summed E-state index contributed by atoms with van der Waals surface area (Å²) in [6, 6.07) is 1.72. The van der Waals surface area contributed by atoms with E-state index in [0.29, 0.717) is 6.04 Å². The van der Waals surface area contributed by atoms with Crippen LogP contribution in [-0.2, 0) is 0 Å². The molecule has 0 spiro atoms. The Balaban J connectivity index is 2.16. The Bertz CT molecular complexity index is 159. The van der Waals surface area contributed by atoms with Gasteiger partial charge < -0.3 is 11.5 Å². The third-order valence-electron chi connectivity index (χ3n) is 3.38. The largest absolute Gasteiger partial charge is 0.326 e. The summed E-state index contributed by atoms with van der Waals surface area (Å²) in [5.74, 6) is 0. The first-order valence-electron chi connectivity index (χ1n) is 4.43. The number of nitrogens with zero attached hydrogens (tertiary/aromatic N) is 1. The summed E-state index contributed by atoms with van der Waals surface area (Å²) in [7, 11) is 2.17. The van der Waals surface area contributed by atoms with Crippen molar-refractivity contribution in [2.75, 3.05) is 7.05 Å². The van der Waals surface area contributed by atoms with Crippen LogP contribution in [0.2, 0.25) is 0 Å². The lowest BCUT2D eigenvalue weighted by molar-refractivity contribution is 0.141. The van der Waals surface area contributed by atoms with Gasteiger partial charge in [0, 0.05) is 24.2 Å². The fraction of sp³-hybridized carbons (Fsp3) is 1.00. The molecule has 2 heterocycles. The summed E-state index contributed by atoms with van der Waals surface area (Å²) in [6.07, 6.45) is 3.63. The van der Waals surface area contributed by atoms with Crippen LogP contribution in [0.1, 0.15) is 19.3 Å². The van der Waals surface area contributed by atoms with Crippen LogP contribution in [0.25, 0.3) is 0 Å². The van der Waals surface area contributed by atoms with E-state index in [1.54, 1.807) is 0 Å². The lowest BCUT2D eigenvalue weighted by Gasteiger charge is -2.39. The predicted octanol–water partition coefficient (Wildman–Crippen LogP) is -0.492. The first kappa shape index (κ1) is 7.53. The molecule has 0 aromatic rings. The molecule has 0 radical (unpaired) electrons. The summed E-state index contributed by atoms with van der Waals surface area (Å²) in [4.78, 5) is 2.41. The van der Waals surface area contributed by atoms with Crippen molar-refractivity contribution in [3.63, 3.8) is 0 Å². The van der Waals surface area contributed by atoms with Crippen molar-refractivity contribution in [3.8, 4) is 0 Å². The second kappa shape index (κ2) is 2.44. The topological polar surface area (TPSA) is 55.3 Å². The molecular formula is C8H17N3. The molecule has 2 rings (SSSR count). The highest BCUT2D eigenvalue weighted by molar-refractivity contribution is 5.02. The molecule has 2 aliphatic rings. The van der Waals surface area contributed by atoms with E-state index in [9.17, 15) is 0 Å². The average molecular weight is 155 g/mol. The van der Waals surface area contributed by atoms with Crippen LogP contribution in [0, 0.1) is 0 Å². The summed E-state index contributed by atoms with van der Waals surface area (Å²) in [5.41, 5.74) is 11.9. The molecular weight excluding hydrogens is 138 g/mol. The highest BCUT2D eigenvalue weighted by Gasteiger charge is 2.42. The van der Waals surface area contributed by atoms with Crippen LogP contribution < -0.4 is 11.5 Å². The Labute approximate surface area is 67.7 Å². The van der Waals surface area contributed by atoms with E-state index in [-0.39, 0.29) is 12.1 Å². The van der Waals surface area contributed by atoms with Crippen LogP contribution in [0.4, 0.5) is 0 Å². The van der Waals surface area contributed by atoms with Crippen molar-refractivity contribution in [2.45, 2.75) is 43.4 Å². The summed E-state index contributed by atoms with van der Waals surface area (Å²) >= 11 is 0. The van der Waals surface area contributed by atoms with E-state index in [0.717, 1.165) is 12.5 Å². The third kappa shape index (κ3) is 0.991. The maximum absolute atomic E-state index is 5.98. The van der Waals surface area contributed by atoms with Crippen LogP contribution >= 0.6 is 0 Å². The molecule has 3 nitrogen and oxygen atoms in total. The maximum atomic E-state index is 5.98. The van der Waals surface area contributed by atoms with Crippen molar-refractivity contribution >= 4 is 0 Å². The number of fused-ring (bicyclic) bond motifs is 2. The number of likely N-dealkylation sites (N-methyl/N-ethyl adjacent to an activating group) is 1. The van der Waals surface area contributed by atoms with Crippen LogP contribution in [0.3, 0.4) is 0 Å². The monoisotopic (exact) mass is 155 g/mol. The van der Waals surface area contributed by atoms with Gasteiger partial charge >= 0.3 is 0 Å². The normalized spacial score (nSPS) is 51.5. The van der Waals surface area contributed by atoms with E-state index in [4.69, 9.17) is 11.5 Å². The summed E-state index contributed by atoms with van der Waals surface area (Å²) in [6.45, 7) is 0. The molecule has 0 amide bonds. The fourth-order valence-electron chi connectivity index (χ4n) is 2.55. The van der Waals surface area contributed by atoms with E-state index < -0.39 is 0 Å². The van der Waals surface area contributed by atoms with Crippen molar-refractivity contribution in [1.29, 1.82) is 0 Å². The second-order valence-electron chi connectivity index (χ2n) is 3.94. The second-order valence-corrected chi connectivity index (χ2v) is 3.94. The molecule has 11 heavy (non-hydrogen) atoms. The highest BCUT2D eigenvalue weighted by Crippen LogP contribution is 2.32. The number of rotatable bonds is 0. The van der Waals surface area contributed by atoms with Gasteiger partial charge in [0.15, 0.2) is 0 Å². The van der Waals surface area contributed by atoms with Crippen molar-refractivity contribution in [1.82, 2.24) is 4.90 Å². The number of hydrogen-bond donors (Lipinski definition) is 2. The molecule has 4 unspecified atom stereocenters. The van der Waals surface area contributed by atoms with Gasteiger partial charge in [-0.2, -0.15) is 0 Å². The molecule has 2 aliphatic heterocycles. The Kier molecular flexibility index (Phi) is 1.67. The fourth-order valence-corrected chi connectivity index (χ4v) is 2.55. The zero-order valence-electron chi connectivity index (χ0n) is 7.03. The van der Waals surface area contributed by atoms with Crippen LogP contribution in [0.15, 0.2) is 0 Å². The SMILES string of the molecule is CN1C2CCC1C(N)C(N)C2. The molecule has 2 fully saturated rings. The Morgan fingerprint density at radius 3 is 2.73 bits per heavy atom. The third-order valence-corrected chi connectivity index (χ3v) is 3.38. The van der Waals surface area contributed by atoms with Gasteiger partial charge in [0.2, 0.25) is 0 Å². The van der Waals surface area contributed by atoms with Gasteiger partial charge in [-0.3, -0.25) is 4.90 Å². The number of nitrogens with two attached hydrogens (primary N) is 2. The number of piperidine rings is 1. The molecule has 0 aliphatic carbocycles. The first-order valence-corrected chi connectivity index (χ1v) is 4.43. The molecule has 4 N–H and O–H groups in total. The van der Waals surface area contributed by atoms with E-state index in [1.165, 1.54) is 12.8 Å². The molecule has 64 valence electrons. The van der Waals surface area contributed by atoms with E-state index in [1.807, 2.05) is 0 Å². The van der Waals surface area contributed by atoms with Gasteiger partial charge in [0.25, 0.3) is 0 Å². The molecule has 4 atom stereocenters. The molecule has 2 bridgehead atoms. The van der Waals surface area contributed by atoms with Crippen molar-refractivity contribution < 1.29 is 0 Å². The minimum Gasteiger partial charge on any atom is -0.326 e. The molecule has 0 aromatic carbocycles. The average Bonchev–Trinajstić information content (AvgIpc) is 2.23. The van der Waals surface area contributed by atoms with Gasteiger partial charge in [-0.05, 0) is 26.3 Å². The van der Waals surface area contributed by atoms with Gasteiger partial charge in [0.05, 0.1) is 0 Å². The Morgan fingerprint density at radius 1 is 1.27 bits per heavy atom. The van der Waals surface area contributed by atoms with E-state index >= 15 is 0 Å². The van der Waals surface area contributed by atoms with Gasteiger partial charge in [-0.25, -0.2) is 0 Å². The standard InChI is InChI=1S/C8H17N3/c1-11-5-2-3-7(11)8(10)6(9)4-5/h5-8H,2-4,9-10H2,1H3. The lowest BCUT2D eigenvalue weighted by Crippen LogP contribution is -2.59. The van der Waals surface area contributed by atoms with Crippen molar-refractivity contribution in [3.05, 3.63) is 0 Å². The molecule has 0 saturated carbocycles. The number of hydrogen-bond acceptors (Lipinski definition) is 3. The Hall–Kier alpha value is -0.120. The van der Waals surface area contributed by atoms with Crippen molar-refractivity contribution in [2.24, 2.45) is 11.5 Å². The summed E-state index contributed by atoms with van der Waals surface area (Å²) in [5, 5.41) is 0. The minimum absolute atomic E-state index is 0.207. The van der Waals surface area contributed by atoms with Crippen LogP contribution in [-0.4, -0.2) is 36.1 Å². The maximum Gasteiger partial charge on any atom is 0.0351 e. The summed E-state index contributed by atoms with van der Waals surface area (Å²) < 4.78 is 0. The van der Waals surface area contributed by atoms with E-state index in [2.05, 4.69) is 11.9 Å². The quantitative estimate of drug-likeness (QED) is 0.496. The lowest BCUT2D eigenvalue weighted by atomic mass is 9.94. The molecule has 2 saturated heterocycles. The zero-order valence-corrected chi connectivity index (χ0v) is 7.03. The van der Waals surface area contributed by atoms with Gasteiger partial charge in [-0.1, -0.05) is 0 Å². The zero-order chi connectivity index (χ0) is 8.01. The van der Waals surface area contributed by atoms with Gasteiger partial charge in [-0.15, -0.1) is 0 Å². The molecule has 0 aromatic heterocycles.